The molecule has 13 heavy (non-hydrogen) atoms. The highest BCUT2D eigenvalue weighted by atomic mass is 79.9. The molecule has 0 spiro atoms. The molecule has 1 saturated heterocycles. The monoisotopic (exact) mass is 265 g/mol. The fourth-order valence-electron chi connectivity index (χ4n) is 1.51. The number of halogens is 1. The van der Waals surface area contributed by atoms with Crippen LogP contribution in [0.25, 0.3) is 0 Å². The number of rotatable bonds is 2. The Kier molecular flexibility index (Phi) is 4.59. The van der Waals surface area contributed by atoms with Crippen molar-refractivity contribution in [2.75, 3.05) is 17.6 Å². The molecule has 0 aromatic carbocycles. The molecule has 4 heteroatoms. The molecule has 0 radical (unpaired) electrons. The van der Waals surface area contributed by atoms with Crippen molar-refractivity contribution >= 4 is 33.6 Å². The van der Waals surface area contributed by atoms with Crippen LogP contribution in [0.1, 0.15) is 20.3 Å². The van der Waals surface area contributed by atoms with Crippen molar-refractivity contribution in [3.05, 3.63) is 0 Å². The Morgan fingerprint density at radius 3 is 2.92 bits per heavy atom. The minimum atomic E-state index is 0.288. The average Bonchev–Trinajstić information content (AvgIpc) is 2.10. The van der Waals surface area contributed by atoms with Gasteiger partial charge in [0.15, 0.2) is 0 Å². The fraction of sp³-hybridized carbons (Fsp3) is 0.889. The van der Waals surface area contributed by atoms with Crippen molar-refractivity contribution in [2.45, 2.75) is 31.6 Å². The number of carbonyl (C=O) groups excluding carboxylic acids is 1. The SMILES string of the molecule is CC1SCCN(C(=O)CCBr)C1C. The fourth-order valence-corrected chi connectivity index (χ4v) is 2.95. The summed E-state index contributed by atoms with van der Waals surface area (Å²) in [6, 6.07) is 0.394. The smallest absolute Gasteiger partial charge is 0.223 e. The van der Waals surface area contributed by atoms with Crippen molar-refractivity contribution in [1.29, 1.82) is 0 Å². The second kappa shape index (κ2) is 5.25. The van der Waals surface area contributed by atoms with E-state index in [4.69, 9.17) is 0 Å². The third-order valence-electron chi connectivity index (χ3n) is 2.51. The van der Waals surface area contributed by atoms with Gasteiger partial charge in [-0.2, -0.15) is 11.8 Å². The molecule has 1 fully saturated rings. The van der Waals surface area contributed by atoms with Crippen molar-refractivity contribution in [1.82, 2.24) is 4.90 Å². The molecular formula is C9H16BrNOS. The Hall–Kier alpha value is 0.300. The lowest BCUT2D eigenvalue weighted by Crippen LogP contribution is -2.48. The zero-order valence-electron chi connectivity index (χ0n) is 8.12. The summed E-state index contributed by atoms with van der Waals surface area (Å²) >= 11 is 5.26. The van der Waals surface area contributed by atoms with Crippen LogP contribution in [-0.4, -0.2) is 39.7 Å². The third kappa shape index (κ3) is 2.88. The average molecular weight is 266 g/mol. The second-order valence-corrected chi connectivity index (χ2v) is 5.62. The molecule has 0 aromatic heterocycles. The number of hydrogen-bond acceptors (Lipinski definition) is 2. The Balaban J connectivity index is 2.52. The highest BCUT2D eigenvalue weighted by molar-refractivity contribution is 9.09. The summed E-state index contributed by atoms with van der Waals surface area (Å²) in [4.78, 5) is 13.7. The molecule has 1 aliphatic heterocycles. The summed E-state index contributed by atoms with van der Waals surface area (Å²) in [6.07, 6.45) is 0.627. The molecule has 0 aromatic rings. The molecule has 0 saturated carbocycles. The maximum absolute atomic E-state index is 11.6. The van der Waals surface area contributed by atoms with E-state index in [1.165, 1.54) is 0 Å². The largest absolute Gasteiger partial charge is 0.338 e. The highest BCUT2D eigenvalue weighted by Gasteiger charge is 2.27. The molecule has 1 aliphatic rings. The van der Waals surface area contributed by atoms with E-state index in [0.29, 0.717) is 17.7 Å². The Morgan fingerprint density at radius 1 is 1.62 bits per heavy atom. The topological polar surface area (TPSA) is 20.3 Å². The van der Waals surface area contributed by atoms with Crippen molar-refractivity contribution in [2.24, 2.45) is 0 Å². The molecule has 0 aliphatic carbocycles. The zero-order chi connectivity index (χ0) is 9.84. The third-order valence-corrected chi connectivity index (χ3v) is 4.25. The van der Waals surface area contributed by atoms with E-state index >= 15 is 0 Å². The Labute approximate surface area is 92.6 Å². The van der Waals surface area contributed by atoms with Crippen LogP contribution in [0.3, 0.4) is 0 Å². The van der Waals surface area contributed by atoms with Crippen LogP contribution in [0.4, 0.5) is 0 Å². The minimum Gasteiger partial charge on any atom is -0.338 e. The first kappa shape index (κ1) is 11.4. The highest BCUT2D eigenvalue weighted by Crippen LogP contribution is 2.24. The maximum atomic E-state index is 11.6. The van der Waals surface area contributed by atoms with Crippen LogP contribution >= 0.6 is 27.7 Å². The van der Waals surface area contributed by atoms with Gasteiger partial charge in [0.2, 0.25) is 5.91 Å². The van der Waals surface area contributed by atoms with Gasteiger partial charge >= 0.3 is 0 Å². The van der Waals surface area contributed by atoms with Gasteiger partial charge in [0, 0.05) is 35.3 Å². The lowest BCUT2D eigenvalue weighted by Gasteiger charge is -2.37. The Morgan fingerprint density at radius 2 is 2.31 bits per heavy atom. The molecule has 1 rings (SSSR count). The summed E-state index contributed by atoms with van der Waals surface area (Å²) in [5.74, 6) is 1.37. The van der Waals surface area contributed by atoms with Crippen molar-refractivity contribution < 1.29 is 4.79 Å². The standard InChI is InChI=1S/C9H16BrNOS/c1-7-8(2)13-6-5-11(7)9(12)3-4-10/h7-8H,3-6H2,1-2H3. The summed E-state index contributed by atoms with van der Waals surface area (Å²) in [5, 5.41) is 1.35. The number of amides is 1. The van der Waals surface area contributed by atoms with E-state index < -0.39 is 0 Å². The lowest BCUT2D eigenvalue weighted by molar-refractivity contribution is -0.132. The van der Waals surface area contributed by atoms with Gasteiger partial charge in [-0.15, -0.1) is 0 Å². The normalized spacial score (nSPS) is 29.0. The van der Waals surface area contributed by atoms with E-state index in [1.807, 2.05) is 16.7 Å². The van der Waals surface area contributed by atoms with Gasteiger partial charge in [-0.3, -0.25) is 4.79 Å². The van der Waals surface area contributed by atoms with Crippen LogP contribution in [0, 0.1) is 0 Å². The van der Waals surface area contributed by atoms with Crippen LogP contribution < -0.4 is 0 Å². The summed E-state index contributed by atoms with van der Waals surface area (Å²) < 4.78 is 0. The minimum absolute atomic E-state index is 0.288. The van der Waals surface area contributed by atoms with E-state index in [-0.39, 0.29) is 5.91 Å². The first-order valence-corrected chi connectivity index (χ1v) is 6.81. The van der Waals surface area contributed by atoms with Gasteiger partial charge in [-0.05, 0) is 6.92 Å². The molecule has 2 nitrogen and oxygen atoms in total. The number of nitrogens with zero attached hydrogens (tertiary/aromatic N) is 1. The van der Waals surface area contributed by atoms with Gasteiger partial charge in [0.1, 0.15) is 0 Å². The van der Waals surface area contributed by atoms with E-state index in [1.54, 1.807) is 0 Å². The van der Waals surface area contributed by atoms with Crippen LogP contribution in [0.5, 0.6) is 0 Å². The molecular weight excluding hydrogens is 250 g/mol. The molecule has 76 valence electrons. The van der Waals surface area contributed by atoms with E-state index in [9.17, 15) is 4.79 Å². The summed E-state index contributed by atoms with van der Waals surface area (Å²) in [7, 11) is 0. The molecule has 2 unspecified atom stereocenters. The zero-order valence-corrected chi connectivity index (χ0v) is 10.5. The van der Waals surface area contributed by atoms with Gasteiger partial charge < -0.3 is 4.90 Å². The number of carbonyl (C=O) groups is 1. The first-order chi connectivity index (χ1) is 6.16. The Bertz CT molecular complexity index is 188. The number of alkyl halides is 1. The summed E-state index contributed by atoms with van der Waals surface area (Å²) in [5.41, 5.74) is 0. The summed E-state index contributed by atoms with van der Waals surface area (Å²) in [6.45, 7) is 5.26. The maximum Gasteiger partial charge on any atom is 0.223 e. The van der Waals surface area contributed by atoms with Crippen LogP contribution in [-0.2, 0) is 4.79 Å². The molecule has 0 N–H and O–H groups in total. The molecule has 1 amide bonds. The van der Waals surface area contributed by atoms with Crippen LogP contribution in [0.2, 0.25) is 0 Å². The predicted molar refractivity (Wildman–Crippen MR) is 61.5 cm³/mol. The van der Waals surface area contributed by atoms with E-state index in [2.05, 4.69) is 29.8 Å². The number of hydrogen-bond donors (Lipinski definition) is 0. The first-order valence-electron chi connectivity index (χ1n) is 4.64. The van der Waals surface area contributed by atoms with E-state index in [0.717, 1.165) is 17.6 Å². The quantitative estimate of drug-likeness (QED) is 0.714. The predicted octanol–water partition coefficient (Wildman–Crippen LogP) is 2.12. The van der Waals surface area contributed by atoms with Gasteiger partial charge in [-0.25, -0.2) is 0 Å². The van der Waals surface area contributed by atoms with Gasteiger partial charge in [-0.1, -0.05) is 22.9 Å². The van der Waals surface area contributed by atoms with Gasteiger partial charge in [0.25, 0.3) is 0 Å². The lowest BCUT2D eigenvalue weighted by atomic mass is 10.2. The van der Waals surface area contributed by atoms with Crippen molar-refractivity contribution in [3.63, 3.8) is 0 Å². The van der Waals surface area contributed by atoms with Gasteiger partial charge in [0.05, 0.1) is 0 Å². The number of thioether (sulfide) groups is 1. The van der Waals surface area contributed by atoms with Crippen molar-refractivity contribution in [3.8, 4) is 0 Å². The second-order valence-electron chi connectivity index (χ2n) is 3.34. The van der Waals surface area contributed by atoms with Crippen LogP contribution in [0.15, 0.2) is 0 Å². The molecule has 2 atom stereocenters. The molecule has 1 heterocycles. The molecule has 0 bridgehead atoms.